The van der Waals surface area contributed by atoms with E-state index in [0.717, 1.165) is 24.3 Å². The third-order valence-corrected chi connectivity index (χ3v) is 15.5. The zero-order valence-corrected chi connectivity index (χ0v) is 38.8. The van der Waals surface area contributed by atoms with Crippen molar-refractivity contribution in [1.82, 2.24) is 0 Å². The SMILES string of the molecule is C=CS(=O)(=O)c1cc(/N=N/c2c(S(=O)(=O)O)cc3cc(S(=O)(=O)O)c(/N=N/c4ccc(S(=O)(=O)Nc5ccc(/N=N/c6ccc(N)cc6N)cc5)cc4)c(O)c3c2N)c(S(=O)(=O)O)cc1S(=O)(=O)O. The largest absolute Gasteiger partial charge is 0.505 e. The maximum Gasteiger partial charge on any atom is 0.296 e. The fourth-order valence-corrected chi connectivity index (χ4v) is 11.1. The quantitative estimate of drug-likeness (QED) is 0.0312. The van der Waals surface area contributed by atoms with Crippen molar-refractivity contribution >= 4 is 128 Å². The number of sulfonamides is 1. The second kappa shape index (κ2) is 18.3. The van der Waals surface area contributed by atoms with Crippen molar-refractivity contribution in [3.63, 3.8) is 0 Å². The van der Waals surface area contributed by atoms with Gasteiger partial charge in [-0.3, -0.25) is 22.9 Å². The van der Waals surface area contributed by atoms with Crippen molar-refractivity contribution in [2.45, 2.75) is 29.4 Å². The standard InChI is InChI=1S/C36H30N10O17S6/c1-2-64(48,49)28-16-26(27(66(52,53)54)17-29(28)67(55,56)57)43-44-34-30(68(58,59)60)13-18-14-31(69(61,62)63)35(36(47)32(18)33(34)39)45-41-21-8-10-23(11-9-21)65(50,51)46-22-6-4-20(5-7-22)40-42-25-12-3-19(37)15-24(25)38/h2-17,46-47H,1,37-39H2,(H,52,53,54)(H,55,56,57)(H,58,59,60)(H,61,62,63)/b42-40+,44-43+,45-41+. The summed E-state index contributed by atoms with van der Waals surface area (Å²) in [6.07, 6.45) is 0. The van der Waals surface area contributed by atoms with Gasteiger partial charge in [-0.15, -0.1) is 20.5 Å². The number of fused-ring (bicyclic) bond motifs is 1. The number of phenolic OH excluding ortho intramolecular Hbond substituents is 1. The molecular weight excluding hydrogens is 1040 g/mol. The molecular formula is C36H30N10O17S6. The zero-order valence-electron chi connectivity index (χ0n) is 33.9. The smallest absolute Gasteiger partial charge is 0.296 e. The first-order valence-corrected chi connectivity index (χ1v) is 26.8. The van der Waals surface area contributed by atoms with Gasteiger partial charge in [0.25, 0.3) is 50.5 Å². The molecule has 0 aliphatic rings. The van der Waals surface area contributed by atoms with Crippen LogP contribution in [0.2, 0.25) is 0 Å². The number of phenols is 1. The molecule has 362 valence electrons. The lowest BCUT2D eigenvalue weighted by Gasteiger charge is -2.14. The van der Waals surface area contributed by atoms with Crippen molar-refractivity contribution in [2.24, 2.45) is 30.7 Å². The van der Waals surface area contributed by atoms with E-state index in [1.807, 2.05) is 0 Å². The number of benzene rings is 6. The van der Waals surface area contributed by atoms with Crippen molar-refractivity contribution < 1.29 is 73.8 Å². The topological polar surface area (TPSA) is 470 Å². The number of rotatable bonds is 15. The highest BCUT2D eigenvalue weighted by Crippen LogP contribution is 2.49. The van der Waals surface area contributed by atoms with E-state index in [1.165, 1.54) is 30.3 Å². The molecule has 0 aliphatic heterocycles. The second-order valence-corrected chi connectivity index (χ2v) is 22.9. The summed E-state index contributed by atoms with van der Waals surface area (Å²) in [5, 5.41) is 32.6. The molecule has 0 amide bonds. The van der Waals surface area contributed by atoms with Gasteiger partial charge in [0.05, 0.1) is 37.9 Å². The predicted molar refractivity (Wildman–Crippen MR) is 245 cm³/mol. The number of nitrogens with two attached hydrogens (primary N) is 3. The predicted octanol–water partition coefficient (Wildman–Crippen LogP) is 6.24. The van der Waals surface area contributed by atoms with Crippen molar-refractivity contribution in [1.29, 1.82) is 0 Å². The summed E-state index contributed by atoms with van der Waals surface area (Å²) >= 11 is 0. The minimum atomic E-state index is -5.60. The van der Waals surface area contributed by atoms with Gasteiger partial charge in [0.2, 0.25) is 9.84 Å². The minimum Gasteiger partial charge on any atom is -0.505 e. The molecule has 69 heavy (non-hydrogen) atoms. The fourth-order valence-electron chi connectivity index (χ4n) is 5.92. The van der Waals surface area contributed by atoms with Crippen LogP contribution in [-0.2, 0) is 60.3 Å². The van der Waals surface area contributed by atoms with E-state index in [2.05, 4.69) is 42.0 Å². The van der Waals surface area contributed by atoms with Crippen LogP contribution < -0.4 is 21.9 Å². The first-order valence-electron chi connectivity index (χ1n) is 18.0. The Morgan fingerprint density at radius 1 is 0.507 bits per heavy atom. The first kappa shape index (κ1) is 51.1. The Morgan fingerprint density at radius 2 is 1.00 bits per heavy atom. The Balaban J connectivity index is 1.39. The molecule has 0 aromatic heterocycles. The van der Waals surface area contributed by atoms with Crippen LogP contribution in [0.4, 0.5) is 56.9 Å². The molecule has 0 bridgehead atoms. The number of anilines is 4. The van der Waals surface area contributed by atoms with Crippen molar-refractivity contribution in [2.75, 3.05) is 21.9 Å². The normalized spacial score (nSPS) is 13.2. The van der Waals surface area contributed by atoms with Crippen LogP contribution >= 0.6 is 0 Å². The summed E-state index contributed by atoms with van der Waals surface area (Å²) in [7, 11) is -31.3. The molecule has 0 unspecified atom stereocenters. The lowest BCUT2D eigenvalue weighted by atomic mass is 10.1. The Hall–Kier alpha value is -7.34. The lowest BCUT2D eigenvalue weighted by Crippen LogP contribution is -2.12. The third kappa shape index (κ3) is 11.2. The number of hydrogen-bond acceptors (Lipinski definition) is 22. The number of nitrogens with zero attached hydrogens (tertiary/aromatic N) is 6. The maximum absolute atomic E-state index is 13.2. The van der Waals surface area contributed by atoms with Crippen LogP contribution in [0.25, 0.3) is 10.8 Å². The number of nitrogen functional groups attached to an aromatic ring is 3. The summed E-state index contributed by atoms with van der Waals surface area (Å²) in [6, 6.07) is 15.8. The summed E-state index contributed by atoms with van der Waals surface area (Å²) in [6.45, 7) is 2.99. The molecule has 0 heterocycles. The van der Waals surface area contributed by atoms with Crippen LogP contribution in [0.3, 0.4) is 0 Å². The van der Waals surface area contributed by atoms with Gasteiger partial charge in [-0.2, -0.15) is 43.9 Å². The van der Waals surface area contributed by atoms with Crippen LogP contribution in [0.15, 0.2) is 163 Å². The number of nitrogens with one attached hydrogen (secondary N) is 1. The Labute approximate surface area is 390 Å². The van der Waals surface area contributed by atoms with E-state index < -0.39 is 124 Å². The summed E-state index contributed by atoms with van der Waals surface area (Å²) < 4.78 is 193. The van der Waals surface area contributed by atoms with Gasteiger partial charge in [0.1, 0.15) is 42.3 Å². The molecule has 0 fully saturated rings. The van der Waals surface area contributed by atoms with Crippen LogP contribution in [0.1, 0.15) is 0 Å². The van der Waals surface area contributed by atoms with Crippen LogP contribution in [0.5, 0.6) is 5.75 Å². The molecule has 0 saturated carbocycles. The van der Waals surface area contributed by atoms with E-state index in [4.69, 9.17) is 17.2 Å². The van der Waals surface area contributed by atoms with Crippen molar-refractivity contribution in [3.8, 4) is 5.75 Å². The monoisotopic (exact) mass is 1070 g/mol. The minimum absolute atomic E-state index is 0.0375. The second-order valence-electron chi connectivity index (χ2n) is 13.8. The Kier molecular flexibility index (Phi) is 13.5. The average molecular weight is 1070 g/mol. The third-order valence-electron chi connectivity index (χ3n) is 9.09. The summed E-state index contributed by atoms with van der Waals surface area (Å²) in [4.78, 5) is -7.38. The number of hydrogen-bond donors (Lipinski definition) is 9. The summed E-state index contributed by atoms with van der Waals surface area (Å²) in [5.74, 6) is -1.28. The molecule has 6 aromatic rings. The molecule has 0 saturated heterocycles. The summed E-state index contributed by atoms with van der Waals surface area (Å²) in [5.41, 5.74) is 14.5. The van der Waals surface area contributed by atoms with Crippen LogP contribution in [0, 0.1) is 0 Å². The van der Waals surface area contributed by atoms with Gasteiger partial charge in [0.15, 0.2) is 5.75 Å². The van der Waals surface area contributed by atoms with Gasteiger partial charge < -0.3 is 22.3 Å². The van der Waals surface area contributed by atoms with E-state index in [0.29, 0.717) is 29.2 Å². The Morgan fingerprint density at radius 3 is 1.52 bits per heavy atom. The number of azo groups is 3. The van der Waals surface area contributed by atoms with Gasteiger partial charge in [-0.1, -0.05) is 6.58 Å². The molecule has 6 rings (SSSR count). The van der Waals surface area contributed by atoms with Gasteiger partial charge in [-0.25, -0.2) is 16.8 Å². The van der Waals surface area contributed by atoms with Crippen molar-refractivity contribution in [3.05, 3.63) is 103 Å². The molecule has 33 heteroatoms. The lowest BCUT2D eigenvalue weighted by molar-refractivity contribution is 0.472. The first-order chi connectivity index (χ1) is 31.8. The zero-order chi connectivity index (χ0) is 51.2. The molecule has 6 aromatic carbocycles. The molecule has 0 spiro atoms. The molecule has 0 aliphatic carbocycles. The number of sulfone groups is 1. The highest BCUT2D eigenvalue weighted by Gasteiger charge is 2.31. The van der Waals surface area contributed by atoms with Crippen LogP contribution in [-0.4, -0.2) is 73.8 Å². The molecule has 12 N–H and O–H groups in total. The number of aromatic hydroxyl groups is 1. The molecule has 0 atom stereocenters. The van der Waals surface area contributed by atoms with Gasteiger partial charge in [-0.05, 0) is 96.4 Å². The van der Waals surface area contributed by atoms with Gasteiger partial charge >= 0.3 is 0 Å². The molecule has 0 radical (unpaired) electrons. The Bertz CT molecular complexity index is 3950. The van der Waals surface area contributed by atoms with E-state index in [9.17, 15) is 73.8 Å². The van der Waals surface area contributed by atoms with E-state index in [1.54, 1.807) is 12.1 Å². The fraction of sp³-hybridized carbons (Fsp3) is 0. The highest BCUT2D eigenvalue weighted by atomic mass is 32.2. The van der Waals surface area contributed by atoms with E-state index >= 15 is 0 Å². The van der Waals surface area contributed by atoms with E-state index in [-0.39, 0.29) is 39.5 Å². The maximum atomic E-state index is 13.2. The molecule has 27 nitrogen and oxygen atoms in total. The average Bonchev–Trinajstić information content (AvgIpc) is 3.24. The van der Waals surface area contributed by atoms with Gasteiger partial charge in [0, 0.05) is 16.8 Å². The highest BCUT2D eigenvalue weighted by molar-refractivity contribution is 7.95.